The Bertz CT molecular complexity index is 573. The lowest BCUT2D eigenvalue weighted by molar-refractivity contribution is 0.719. The van der Waals surface area contributed by atoms with Crippen molar-refractivity contribution in [2.24, 2.45) is 5.73 Å². The number of nitrogen functional groups attached to an aromatic ring is 1. The predicted octanol–water partition coefficient (Wildman–Crippen LogP) is 3.29. The van der Waals surface area contributed by atoms with Crippen molar-refractivity contribution in [2.75, 3.05) is 5.73 Å². The monoisotopic (exact) mass is 319 g/mol. The fourth-order valence-electron chi connectivity index (χ4n) is 2.16. The minimum Gasteiger partial charge on any atom is -0.398 e. The third-order valence-corrected chi connectivity index (χ3v) is 4.52. The summed E-state index contributed by atoms with van der Waals surface area (Å²) in [5, 5.41) is 0. The van der Waals surface area contributed by atoms with E-state index in [4.69, 9.17) is 11.5 Å². The molecule has 0 spiro atoms. The van der Waals surface area contributed by atoms with E-state index in [9.17, 15) is 0 Å². The van der Waals surface area contributed by atoms with Gasteiger partial charge >= 0.3 is 0 Å². The predicted molar refractivity (Wildman–Crippen MR) is 82.9 cm³/mol. The van der Waals surface area contributed by atoms with Gasteiger partial charge in [-0.05, 0) is 48.6 Å². The highest BCUT2D eigenvalue weighted by atomic mass is 79.9. The summed E-state index contributed by atoms with van der Waals surface area (Å²) in [5.41, 5.74) is 17.5. The van der Waals surface area contributed by atoms with Gasteiger partial charge in [0.25, 0.3) is 0 Å². The lowest BCUT2D eigenvalue weighted by atomic mass is 9.97. The van der Waals surface area contributed by atoms with Gasteiger partial charge in [0.1, 0.15) is 0 Å². The van der Waals surface area contributed by atoms with Crippen LogP contribution in [0.5, 0.6) is 0 Å². The van der Waals surface area contributed by atoms with E-state index in [2.05, 4.69) is 46.9 Å². The first-order chi connectivity index (χ1) is 8.99. The number of benzene rings is 1. The quantitative estimate of drug-likeness (QED) is 0.912. The van der Waals surface area contributed by atoms with Gasteiger partial charge in [0.2, 0.25) is 0 Å². The molecule has 1 atom stereocenters. The highest BCUT2D eigenvalue weighted by molar-refractivity contribution is 9.10. The molecular weight excluding hydrogens is 302 g/mol. The van der Waals surface area contributed by atoms with Gasteiger partial charge in [0.05, 0.1) is 0 Å². The number of halogens is 1. The van der Waals surface area contributed by atoms with Crippen LogP contribution in [0.15, 0.2) is 35.1 Å². The number of aromatic nitrogens is 1. The lowest BCUT2D eigenvalue weighted by Crippen LogP contribution is -2.15. The zero-order valence-corrected chi connectivity index (χ0v) is 12.7. The average molecular weight is 320 g/mol. The summed E-state index contributed by atoms with van der Waals surface area (Å²) in [6, 6.07) is 5.97. The van der Waals surface area contributed by atoms with Crippen LogP contribution >= 0.6 is 15.9 Å². The van der Waals surface area contributed by atoms with Crippen molar-refractivity contribution in [1.29, 1.82) is 0 Å². The molecule has 4 N–H and O–H groups in total. The van der Waals surface area contributed by atoms with E-state index in [1.165, 1.54) is 11.1 Å². The first-order valence-corrected chi connectivity index (χ1v) is 6.99. The van der Waals surface area contributed by atoms with E-state index < -0.39 is 0 Å². The molecule has 0 aliphatic carbocycles. The van der Waals surface area contributed by atoms with E-state index >= 15 is 0 Å². The Morgan fingerprint density at radius 3 is 2.47 bits per heavy atom. The molecule has 0 radical (unpaired) electrons. The smallest absolute Gasteiger partial charge is 0.0378 e. The second kappa shape index (κ2) is 5.72. The Hall–Kier alpha value is -1.39. The molecule has 1 unspecified atom stereocenters. The number of anilines is 1. The fourth-order valence-corrected chi connectivity index (χ4v) is 2.39. The molecule has 0 saturated heterocycles. The molecule has 1 aromatic carbocycles. The second-order valence-corrected chi connectivity index (χ2v) is 5.65. The zero-order valence-electron chi connectivity index (χ0n) is 11.2. The van der Waals surface area contributed by atoms with E-state index in [-0.39, 0.29) is 6.04 Å². The number of hydrogen-bond acceptors (Lipinski definition) is 3. The number of nitrogens with two attached hydrogens (primary N) is 2. The third-order valence-electron chi connectivity index (χ3n) is 3.27. The van der Waals surface area contributed by atoms with Crippen LogP contribution in [0.2, 0.25) is 0 Å². The van der Waals surface area contributed by atoms with Crippen molar-refractivity contribution in [3.8, 4) is 0 Å². The highest BCUT2D eigenvalue weighted by Gasteiger charge is 2.12. The standard InChI is InChI=1S/C15H18BrN3/c1-9-5-11(6-10(2)15(9)16)14(18)7-12-8-19-4-3-13(12)17/h3-6,8,14H,7,18H2,1-2H3,(H2,17,19). The van der Waals surface area contributed by atoms with Gasteiger partial charge in [-0.15, -0.1) is 0 Å². The van der Waals surface area contributed by atoms with Crippen LogP contribution in [0.25, 0.3) is 0 Å². The van der Waals surface area contributed by atoms with E-state index in [0.29, 0.717) is 6.42 Å². The number of nitrogens with zero attached hydrogens (tertiary/aromatic N) is 1. The van der Waals surface area contributed by atoms with Gasteiger partial charge in [-0.1, -0.05) is 28.1 Å². The molecule has 1 heterocycles. The fraction of sp³-hybridized carbons (Fsp3) is 0.267. The van der Waals surface area contributed by atoms with Crippen molar-refractivity contribution in [2.45, 2.75) is 26.3 Å². The summed E-state index contributed by atoms with van der Waals surface area (Å²) in [4.78, 5) is 4.10. The van der Waals surface area contributed by atoms with Crippen LogP contribution in [0.1, 0.15) is 28.3 Å². The van der Waals surface area contributed by atoms with Crippen molar-refractivity contribution in [3.63, 3.8) is 0 Å². The molecule has 0 saturated carbocycles. The molecule has 2 rings (SSSR count). The Labute approximate surface area is 122 Å². The summed E-state index contributed by atoms with van der Waals surface area (Å²) >= 11 is 3.57. The Balaban J connectivity index is 2.26. The van der Waals surface area contributed by atoms with Gasteiger partial charge in [-0.3, -0.25) is 4.98 Å². The number of aryl methyl sites for hydroxylation is 2. The lowest BCUT2D eigenvalue weighted by Gasteiger charge is -2.16. The molecule has 0 bridgehead atoms. The minimum absolute atomic E-state index is 0.0722. The van der Waals surface area contributed by atoms with Crippen molar-refractivity contribution in [3.05, 3.63) is 57.3 Å². The minimum atomic E-state index is -0.0722. The summed E-state index contributed by atoms with van der Waals surface area (Å²) in [7, 11) is 0. The highest BCUT2D eigenvalue weighted by Crippen LogP contribution is 2.26. The van der Waals surface area contributed by atoms with Gasteiger partial charge in [0.15, 0.2) is 0 Å². The van der Waals surface area contributed by atoms with Gasteiger partial charge in [-0.2, -0.15) is 0 Å². The number of pyridine rings is 1. The van der Waals surface area contributed by atoms with E-state index in [1.54, 1.807) is 18.5 Å². The maximum absolute atomic E-state index is 6.29. The van der Waals surface area contributed by atoms with Crippen molar-refractivity contribution < 1.29 is 0 Å². The number of rotatable bonds is 3. The van der Waals surface area contributed by atoms with Gasteiger partial charge in [0, 0.05) is 28.6 Å². The molecule has 0 amide bonds. The average Bonchev–Trinajstić information content (AvgIpc) is 2.38. The second-order valence-electron chi connectivity index (χ2n) is 4.85. The summed E-state index contributed by atoms with van der Waals surface area (Å²) in [6.07, 6.45) is 4.17. The Morgan fingerprint density at radius 2 is 1.89 bits per heavy atom. The molecule has 1 aromatic heterocycles. The van der Waals surface area contributed by atoms with Crippen molar-refractivity contribution in [1.82, 2.24) is 4.98 Å². The molecule has 0 aliphatic heterocycles. The molecule has 2 aromatic rings. The summed E-state index contributed by atoms with van der Waals surface area (Å²) < 4.78 is 1.14. The number of hydrogen-bond donors (Lipinski definition) is 2. The van der Waals surface area contributed by atoms with E-state index in [1.807, 2.05) is 0 Å². The van der Waals surface area contributed by atoms with Gasteiger partial charge in [-0.25, -0.2) is 0 Å². The van der Waals surface area contributed by atoms with Crippen LogP contribution in [0.3, 0.4) is 0 Å². The zero-order chi connectivity index (χ0) is 14.0. The molecular formula is C15H18BrN3. The first-order valence-electron chi connectivity index (χ1n) is 6.19. The largest absolute Gasteiger partial charge is 0.398 e. The van der Waals surface area contributed by atoms with Crippen LogP contribution < -0.4 is 11.5 Å². The molecule has 3 nitrogen and oxygen atoms in total. The topological polar surface area (TPSA) is 64.9 Å². The van der Waals surface area contributed by atoms with Crippen LogP contribution in [-0.2, 0) is 6.42 Å². The van der Waals surface area contributed by atoms with Gasteiger partial charge < -0.3 is 11.5 Å². The van der Waals surface area contributed by atoms with Crippen LogP contribution in [-0.4, -0.2) is 4.98 Å². The summed E-state index contributed by atoms with van der Waals surface area (Å²) in [6.45, 7) is 4.15. The molecule has 19 heavy (non-hydrogen) atoms. The maximum Gasteiger partial charge on any atom is 0.0378 e. The maximum atomic E-state index is 6.29. The molecule has 0 fully saturated rings. The molecule has 0 aliphatic rings. The SMILES string of the molecule is Cc1cc(C(N)Cc2cnccc2N)cc(C)c1Br. The van der Waals surface area contributed by atoms with Crippen LogP contribution in [0.4, 0.5) is 5.69 Å². The summed E-state index contributed by atoms with van der Waals surface area (Å²) in [5.74, 6) is 0. The third kappa shape index (κ3) is 3.14. The van der Waals surface area contributed by atoms with Crippen LogP contribution in [0, 0.1) is 13.8 Å². The Morgan fingerprint density at radius 1 is 1.26 bits per heavy atom. The van der Waals surface area contributed by atoms with Crippen molar-refractivity contribution >= 4 is 21.6 Å². The van der Waals surface area contributed by atoms with E-state index in [0.717, 1.165) is 21.3 Å². The molecule has 4 heteroatoms. The Kier molecular flexibility index (Phi) is 4.22. The first kappa shape index (κ1) is 14.0. The molecule has 100 valence electrons. The normalized spacial score (nSPS) is 12.4.